The smallest absolute Gasteiger partial charge is 0.258 e. The van der Waals surface area contributed by atoms with E-state index in [4.69, 9.17) is 45.6 Å². The summed E-state index contributed by atoms with van der Waals surface area (Å²) in [4.78, 5) is 0. The Bertz CT molecular complexity index is 1360. The van der Waals surface area contributed by atoms with E-state index in [2.05, 4.69) is 56.3 Å². The Morgan fingerprint density at radius 1 is 0.646 bits per heavy atom. The predicted molar refractivity (Wildman–Crippen MR) is 192 cm³/mol. The van der Waals surface area contributed by atoms with E-state index in [9.17, 15) is 0 Å². The molecule has 0 aliphatic rings. The van der Waals surface area contributed by atoms with E-state index in [0.29, 0.717) is 0 Å². The summed E-state index contributed by atoms with van der Waals surface area (Å²) in [5, 5.41) is 0. The predicted octanol–water partition coefficient (Wildman–Crippen LogP) is 7.31. The Kier molecular flexibility index (Phi) is 15.9. The zero-order valence-corrected chi connectivity index (χ0v) is 30.2. The fourth-order valence-electron chi connectivity index (χ4n) is 5.62. The third kappa shape index (κ3) is 10.0. The first-order valence-corrected chi connectivity index (χ1v) is 17.1. The number of terminal acetylenes is 2. The van der Waals surface area contributed by atoms with Crippen LogP contribution in [0.25, 0.3) is 0 Å². The minimum absolute atomic E-state index is 0.112. The first kappa shape index (κ1) is 39.0. The van der Waals surface area contributed by atoms with Crippen molar-refractivity contribution < 1.29 is 32.7 Å². The van der Waals surface area contributed by atoms with Crippen LogP contribution in [0.2, 0.25) is 0 Å². The Balaban J connectivity index is 2.20. The van der Waals surface area contributed by atoms with Crippen molar-refractivity contribution in [2.75, 3.05) is 61.0 Å². The summed E-state index contributed by atoms with van der Waals surface area (Å²) in [7, 11) is 3.54. The molecule has 258 valence electrons. The number of hydrogen-bond acceptors (Lipinski definition) is 8. The summed E-state index contributed by atoms with van der Waals surface area (Å²) in [5.41, 5.74) is 0.805. The standard InChI is InChI=1S/C39H50NO7P/c1-10-25-44-27-38(28-45-26-11-2,30-47-48(43-9)40(31(3)4)32(5)6)29-46-39(33-15-13-12-14-16-33,34-17-21-36(41-7)22-18-34)35-19-23-37(42-8)24-20-35/h1-2,12-24,31-32H,25-30H2,3-9H3. The second kappa shape index (κ2) is 19.5. The average Bonchev–Trinajstić information content (AvgIpc) is 3.11. The van der Waals surface area contributed by atoms with Gasteiger partial charge in [-0.05, 0) is 68.7 Å². The molecular weight excluding hydrogens is 625 g/mol. The van der Waals surface area contributed by atoms with Gasteiger partial charge in [0.1, 0.15) is 30.3 Å². The summed E-state index contributed by atoms with van der Waals surface area (Å²) in [6.45, 7) is 9.43. The van der Waals surface area contributed by atoms with Crippen LogP contribution in [0.5, 0.6) is 11.5 Å². The molecule has 0 fully saturated rings. The van der Waals surface area contributed by atoms with E-state index in [-0.39, 0.29) is 51.7 Å². The van der Waals surface area contributed by atoms with Crippen molar-refractivity contribution in [2.45, 2.75) is 45.4 Å². The van der Waals surface area contributed by atoms with E-state index in [1.165, 1.54) is 0 Å². The van der Waals surface area contributed by atoms with Crippen LogP contribution in [0.1, 0.15) is 44.4 Å². The van der Waals surface area contributed by atoms with Gasteiger partial charge in [0.2, 0.25) is 0 Å². The van der Waals surface area contributed by atoms with Gasteiger partial charge in [-0.25, -0.2) is 4.67 Å². The SMILES string of the molecule is C#CCOCC(COCC#C)(COP(OC)N(C(C)C)C(C)C)COC(c1ccccc1)(c1ccc(OC)cc1)c1ccc(OC)cc1. The molecule has 8 nitrogen and oxygen atoms in total. The highest BCUT2D eigenvalue weighted by Gasteiger charge is 2.43. The summed E-state index contributed by atoms with van der Waals surface area (Å²) in [6.07, 6.45) is 11.2. The van der Waals surface area contributed by atoms with Gasteiger partial charge < -0.3 is 32.7 Å². The first-order chi connectivity index (χ1) is 23.2. The molecule has 0 radical (unpaired) electrons. The highest BCUT2D eigenvalue weighted by molar-refractivity contribution is 7.44. The fourth-order valence-corrected chi connectivity index (χ4v) is 7.18. The number of methoxy groups -OCH3 is 2. The van der Waals surface area contributed by atoms with Gasteiger partial charge in [0.25, 0.3) is 8.53 Å². The molecule has 0 aliphatic carbocycles. The topological polar surface area (TPSA) is 67.9 Å². The molecule has 0 saturated carbocycles. The molecule has 0 aliphatic heterocycles. The number of benzene rings is 3. The lowest BCUT2D eigenvalue weighted by Gasteiger charge is -2.42. The second-order valence-corrected chi connectivity index (χ2v) is 13.5. The van der Waals surface area contributed by atoms with Crippen LogP contribution in [0.4, 0.5) is 0 Å². The monoisotopic (exact) mass is 675 g/mol. The molecule has 0 spiro atoms. The zero-order chi connectivity index (χ0) is 35.0. The summed E-state index contributed by atoms with van der Waals surface area (Å²) in [6, 6.07) is 26.3. The Labute approximate surface area is 288 Å². The molecule has 0 heterocycles. The van der Waals surface area contributed by atoms with Crippen molar-refractivity contribution in [2.24, 2.45) is 5.41 Å². The Morgan fingerprint density at radius 2 is 1.10 bits per heavy atom. The zero-order valence-electron chi connectivity index (χ0n) is 29.3. The Hall–Kier alpha value is -3.43. The van der Waals surface area contributed by atoms with Gasteiger partial charge in [-0.3, -0.25) is 0 Å². The van der Waals surface area contributed by atoms with E-state index in [1.807, 2.05) is 66.7 Å². The average molecular weight is 676 g/mol. The van der Waals surface area contributed by atoms with Crippen molar-refractivity contribution >= 4 is 8.53 Å². The number of rotatable bonds is 21. The van der Waals surface area contributed by atoms with Crippen molar-refractivity contribution in [3.63, 3.8) is 0 Å². The molecule has 1 unspecified atom stereocenters. The number of ether oxygens (including phenoxy) is 5. The van der Waals surface area contributed by atoms with Crippen LogP contribution in [0, 0.1) is 30.1 Å². The quantitative estimate of drug-likeness (QED) is 0.0505. The number of nitrogens with zero attached hydrogens (tertiary/aromatic N) is 1. The van der Waals surface area contributed by atoms with Crippen molar-refractivity contribution in [3.8, 4) is 36.2 Å². The van der Waals surface area contributed by atoms with E-state index < -0.39 is 19.5 Å². The summed E-state index contributed by atoms with van der Waals surface area (Å²) >= 11 is 0. The van der Waals surface area contributed by atoms with Crippen LogP contribution in [0.3, 0.4) is 0 Å². The summed E-state index contributed by atoms with van der Waals surface area (Å²) in [5.74, 6) is 6.61. The van der Waals surface area contributed by atoms with Gasteiger partial charge in [-0.15, -0.1) is 12.8 Å². The van der Waals surface area contributed by atoms with Gasteiger partial charge in [-0.2, -0.15) is 0 Å². The van der Waals surface area contributed by atoms with Crippen LogP contribution in [0.15, 0.2) is 78.9 Å². The maximum absolute atomic E-state index is 7.31. The molecule has 48 heavy (non-hydrogen) atoms. The van der Waals surface area contributed by atoms with Gasteiger partial charge in [0, 0.05) is 19.2 Å². The lowest BCUT2D eigenvalue weighted by Crippen LogP contribution is -2.46. The largest absolute Gasteiger partial charge is 0.497 e. The van der Waals surface area contributed by atoms with Gasteiger partial charge in [0.15, 0.2) is 0 Å². The molecule has 0 bridgehead atoms. The molecule has 3 aromatic rings. The highest BCUT2D eigenvalue weighted by atomic mass is 31.2. The van der Waals surface area contributed by atoms with Gasteiger partial charge in [0.05, 0.1) is 46.1 Å². The fraction of sp³-hybridized carbons (Fsp3) is 0.436. The van der Waals surface area contributed by atoms with Gasteiger partial charge in [-0.1, -0.05) is 66.4 Å². The lowest BCUT2D eigenvalue weighted by molar-refractivity contribution is -0.111. The van der Waals surface area contributed by atoms with E-state index in [1.54, 1.807) is 21.3 Å². The third-order valence-corrected chi connectivity index (χ3v) is 9.80. The van der Waals surface area contributed by atoms with Crippen molar-refractivity contribution in [3.05, 3.63) is 95.6 Å². The minimum Gasteiger partial charge on any atom is -0.497 e. The molecule has 0 aromatic heterocycles. The van der Waals surface area contributed by atoms with Crippen LogP contribution >= 0.6 is 8.53 Å². The minimum atomic E-state index is -1.43. The number of hydrogen-bond donors (Lipinski definition) is 0. The van der Waals surface area contributed by atoms with E-state index in [0.717, 1.165) is 28.2 Å². The molecular formula is C39H50NO7P. The third-order valence-electron chi connectivity index (χ3n) is 7.84. The normalized spacial score (nSPS) is 12.6. The van der Waals surface area contributed by atoms with Gasteiger partial charge >= 0.3 is 0 Å². The summed E-state index contributed by atoms with van der Waals surface area (Å²) < 4.78 is 45.2. The molecule has 0 saturated heterocycles. The van der Waals surface area contributed by atoms with Crippen LogP contribution in [-0.4, -0.2) is 77.7 Å². The van der Waals surface area contributed by atoms with Crippen molar-refractivity contribution in [1.29, 1.82) is 0 Å². The molecule has 1 atom stereocenters. The van der Waals surface area contributed by atoms with Crippen LogP contribution in [-0.2, 0) is 28.9 Å². The second-order valence-electron chi connectivity index (χ2n) is 11.9. The lowest BCUT2D eigenvalue weighted by atomic mass is 9.79. The Morgan fingerprint density at radius 3 is 1.50 bits per heavy atom. The maximum Gasteiger partial charge on any atom is 0.258 e. The van der Waals surface area contributed by atoms with E-state index >= 15 is 0 Å². The molecule has 0 N–H and O–H groups in total. The van der Waals surface area contributed by atoms with Crippen LogP contribution < -0.4 is 9.47 Å². The molecule has 0 amide bonds. The molecule has 3 aromatic carbocycles. The molecule has 3 rings (SSSR count). The first-order valence-electron chi connectivity index (χ1n) is 16.0. The maximum atomic E-state index is 7.31. The highest BCUT2D eigenvalue weighted by Crippen LogP contribution is 2.47. The van der Waals surface area contributed by atoms with Crippen molar-refractivity contribution in [1.82, 2.24) is 4.67 Å². The molecule has 9 heteroatoms.